The van der Waals surface area contributed by atoms with Gasteiger partial charge in [-0.15, -0.1) is 0 Å². The van der Waals surface area contributed by atoms with Crippen LogP contribution in [0.25, 0.3) is 0 Å². The van der Waals surface area contributed by atoms with Gasteiger partial charge in [0, 0.05) is 11.1 Å². The summed E-state index contributed by atoms with van der Waals surface area (Å²) in [6, 6.07) is 17.7. The maximum absolute atomic E-state index is 11.8. The van der Waals surface area contributed by atoms with Gasteiger partial charge < -0.3 is 0 Å². The van der Waals surface area contributed by atoms with Crippen molar-refractivity contribution in [2.45, 2.75) is 6.42 Å². The van der Waals surface area contributed by atoms with Crippen LogP contribution in [0.4, 0.5) is 0 Å². The van der Waals surface area contributed by atoms with E-state index >= 15 is 0 Å². The topological polar surface area (TPSA) is 34.1 Å². The number of carbonyl (C=O) groups excluding carboxylic acids is 2. The predicted molar refractivity (Wildman–Crippen MR) is 73.3 cm³/mol. The van der Waals surface area contributed by atoms with Crippen LogP contribution in [-0.2, 0) is 0 Å². The zero-order valence-electron chi connectivity index (χ0n) is 9.30. The first kappa shape index (κ1) is 14.8. The van der Waals surface area contributed by atoms with Crippen molar-refractivity contribution < 1.29 is 9.59 Å². The van der Waals surface area contributed by atoms with Crippen molar-refractivity contribution in [1.29, 1.82) is 0 Å². The van der Waals surface area contributed by atoms with Crippen molar-refractivity contribution >= 4 is 41.1 Å². The fraction of sp³-hybridized carbons (Fsp3) is 0.0667. The van der Waals surface area contributed by atoms with E-state index in [2.05, 4.69) is 0 Å². The number of rotatable bonds is 4. The number of ketones is 2. The molecule has 0 spiro atoms. The van der Waals surface area contributed by atoms with Crippen molar-refractivity contribution in [3.8, 4) is 0 Å². The van der Waals surface area contributed by atoms with Crippen LogP contribution in [0.3, 0.4) is 0 Å². The number of carbonyl (C=O) groups is 2. The molecular formula is C15H13NaO2. The van der Waals surface area contributed by atoms with Crippen molar-refractivity contribution in [1.82, 2.24) is 0 Å². The Morgan fingerprint density at radius 2 is 1.00 bits per heavy atom. The summed E-state index contributed by atoms with van der Waals surface area (Å²) in [5.74, 6) is -0.279. The summed E-state index contributed by atoms with van der Waals surface area (Å²) >= 11 is 0. The monoisotopic (exact) mass is 248 g/mol. The third kappa shape index (κ3) is 3.91. The van der Waals surface area contributed by atoms with Crippen LogP contribution in [0.2, 0.25) is 0 Å². The molecule has 0 aliphatic rings. The number of hydrogen-bond donors (Lipinski definition) is 0. The molecule has 0 unspecified atom stereocenters. The van der Waals surface area contributed by atoms with E-state index in [1.807, 2.05) is 12.1 Å². The maximum atomic E-state index is 11.8. The van der Waals surface area contributed by atoms with Gasteiger partial charge in [-0.05, 0) is 0 Å². The van der Waals surface area contributed by atoms with Crippen LogP contribution < -0.4 is 0 Å². The van der Waals surface area contributed by atoms with Crippen molar-refractivity contribution in [2.75, 3.05) is 0 Å². The second-order valence-electron chi connectivity index (χ2n) is 3.76. The van der Waals surface area contributed by atoms with Gasteiger partial charge in [0.05, 0.1) is 6.42 Å². The Kier molecular flexibility index (Phi) is 5.99. The molecule has 86 valence electrons. The number of hydrogen-bond acceptors (Lipinski definition) is 2. The van der Waals surface area contributed by atoms with Crippen LogP contribution in [-0.4, -0.2) is 41.1 Å². The summed E-state index contributed by atoms with van der Waals surface area (Å²) in [6.45, 7) is 0. The van der Waals surface area contributed by atoms with Crippen LogP contribution in [0.5, 0.6) is 0 Å². The zero-order chi connectivity index (χ0) is 12.1. The molecule has 0 N–H and O–H groups in total. The molecule has 0 atom stereocenters. The third-order valence-electron chi connectivity index (χ3n) is 2.51. The molecule has 18 heavy (non-hydrogen) atoms. The van der Waals surface area contributed by atoms with Gasteiger partial charge in [-0.1, -0.05) is 60.7 Å². The molecular weight excluding hydrogens is 235 g/mol. The molecule has 0 heterocycles. The minimum absolute atomic E-state index is 0. The van der Waals surface area contributed by atoms with Crippen LogP contribution in [0.15, 0.2) is 60.7 Å². The molecule has 0 bridgehead atoms. The molecule has 0 fully saturated rings. The quantitative estimate of drug-likeness (QED) is 0.473. The molecule has 0 amide bonds. The van der Waals surface area contributed by atoms with E-state index in [0.717, 1.165) is 0 Å². The molecule has 0 saturated carbocycles. The van der Waals surface area contributed by atoms with Gasteiger partial charge in [-0.25, -0.2) is 0 Å². The van der Waals surface area contributed by atoms with Gasteiger partial charge in [0.25, 0.3) is 0 Å². The number of benzene rings is 2. The van der Waals surface area contributed by atoms with Crippen molar-refractivity contribution in [3.63, 3.8) is 0 Å². The molecule has 0 saturated heterocycles. The summed E-state index contributed by atoms with van der Waals surface area (Å²) in [6.07, 6.45) is -0.0754. The van der Waals surface area contributed by atoms with Crippen LogP contribution in [0, 0.1) is 0 Å². The minimum atomic E-state index is -0.139. The summed E-state index contributed by atoms with van der Waals surface area (Å²) in [5, 5.41) is 0. The molecule has 0 aliphatic heterocycles. The Bertz CT molecular complexity index is 471. The summed E-state index contributed by atoms with van der Waals surface area (Å²) < 4.78 is 0. The van der Waals surface area contributed by atoms with Gasteiger partial charge in [0.1, 0.15) is 0 Å². The van der Waals surface area contributed by atoms with Gasteiger partial charge in [-0.3, -0.25) is 9.59 Å². The Balaban J connectivity index is 0.00000162. The van der Waals surface area contributed by atoms with Crippen LogP contribution >= 0.6 is 0 Å². The molecule has 2 aromatic rings. The van der Waals surface area contributed by atoms with E-state index in [4.69, 9.17) is 0 Å². The predicted octanol–water partition coefficient (Wildman–Crippen LogP) is 2.49. The Hall–Kier alpha value is -1.22. The summed E-state index contributed by atoms with van der Waals surface area (Å²) in [4.78, 5) is 23.6. The zero-order valence-corrected chi connectivity index (χ0v) is 9.30. The van der Waals surface area contributed by atoms with Gasteiger partial charge in [-0.2, -0.15) is 0 Å². The van der Waals surface area contributed by atoms with Gasteiger partial charge >= 0.3 is 29.6 Å². The summed E-state index contributed by atoms with van der Waals surface area (Å²) in [5.41, 5.74) is 1.16. The van der Waals surface area contributed by atoms with E-state index in [0.29, 0.717) is 11.1 Å². The van der Waals surface area contributed by atoms with Crippen molar-refractivity contribution in [3.05, 3.63) is 71.8 Å². The first-order chi connectivity index (χ1) is 8.27. The van der Waals surface area contributed by atoms with E-state index in [9.17, 15) is 9.59 Å². The van der Waals surface area contributed by atoms with Crippen molar-refractivity contribution in [2.24, 2.45) is 0 Å². The fourth-order valence-electron chi connectivity index (χ4n) is 1.60. The Morgan fingerprint density at radius 3 is 1.33 bits per heavy atom. The second kappa shape index (κ2) is 7.27. The molecule has 3 heteroatoms. The van der Waals surface area contributed by atoms with Gasteiger partial charge in [0.15, 0.2) is 11.6 Å². The number of Topliss-reactive ketones (excluding diaryl/α,β-unsaturated/α-hetero) is 2. The standard InChI is InChI=1S/C15H12O2.Na.H/c16-14(12-7-3-1-4-8-12)11-15(17)13-9-5-2-6-10-13;;/h1-10H,11H2;;. The molecule has 0 aliphatic carbocycles. The Morgan fingerprint density at radius 1 is 0.667 bits per heavy atom. The summed E-state index contributed by atoms with van der Waals surface area (Å²) in [7, 11) is 0. The second-order valence-corrected chi connectivity index (χ2v) is 3.76. The average molecular weight is 248 g/mol. The van der Waals surface area contributed by atoms with Crippen LogP contribution in [0.1, 0.15) is 27.1 Å². The van der Waals surface area contributed by atoms with E-state index < -0.39 is 0 Å². The average Bonchev–Trinajstić information content (AvgIpc) is 2.40. The molecule has 2 nitrogen and oxygen atoms in total. The third-order valence-corrected chi connectivity index (χ3v) is 2.51. The molecule has 0 radical (unpaired) electrons. The van der Waals surface area contributed by atoms with E-state index in [-0.39, 0.29) is 47.5 Å². The molecule has 2 rings (SSSR count). The SMILES string of the molecule is O=C(CC(=O)c1ccccc1)c1ccccc1.[NaH]. The fourth-order valence-corrected chi connectivity index (χ4v) is 1.60. The Labute approximate surface area is 128 Å². The normalized spacial score (nSPS) is 9.33. The van der Waals surface area contributed by atoms with E-state index in [1.165, 1.54) is 0 Å². The first-order valence-corrected chi connectivity index (χ1v) is 5.44. The van der Waals surface area contributed by atoms with Gasteiger partial charge in [0.2, 0.25) is 0 Å². The molecule has 2 aromatic carbocycles. The van der Waals surface area contributed by atoms with E-state index in [1.54, 1.807) is 48.5 Å². The molecule has 0 aromatic heterocycles. The first-order valence-electron chi connectivity index (χ1n) is 5.44.